The molecule has 1 aliphatic carbocycles. The van der Waals surface area contributed by atoms with Crippen molar-refractivity contribution >= 4 is 23.4 Å². The Bertz CT molecular complexity index is 1110. The Hall–Kier alpha value is -3.52. The van der Waals surface area contributed by atoms with Crippen LogP contribution < -0.4 is 15.4 Å². The minimum absolute atomic E-state index is 0.0900. The number of nitrogens with one attached hydrogen (secondary N) is 1. The van der Waals surface area contributed by atoms with E-state index in [0.29, 0.717) is 16.9 Å². The van der Waals surface area contributed by atoms with Crippen LogP contribution in [0, 0.1) is 5.41 Å². The monoisotopic (exact) mass is 459 g/mol. The molecule has 2 aromatic rings. The molecule has 0 unspecified atom stereocenters. The molecule has 0 spiro atoms. The van der Waals surface area contributed by atoms with Crippen LogP contribution in [-0.2, 0) is 0 Å². The maximum absolute atomic E-state index is 8.77. The summed E-state index contributed by atoms with van der Waals surface area (Å²) < 4.78 is 6.06. The van der Waals surface area contributed by atoms with Gasteiger partial charge in [-0.2, -0.15) is 0 Å². The lowest BCUT2D eigenvalue weighted by Crippen LogP contribution is -2.47. The van der Waals surface area contributed by atoms with Gasteiger partial charge < -0.3 is 15.4 Å². The van der Waals surface area contributed by atoms with E-state index >= 15 is 0 Å². The minimum atomic E-state index is -0.0900. The van der Waals surface area contributed by atoms with Gasteiger partial charge in [-0.05, 0) is 51.0 Å². The molecule has 1 saturated heterocycles. The van der Waals surface area contributed by atoms with Crippen LogP contribution in [0.25, 0.3) is 0 Å². The number of aliphatic imine (C=N–C) groups is 1. The molecular weight excluding hydrogens is 426 g/mol. The first-order valence-corrected chi connectivity index (χ1v) is 11.6. The molecule has 8 nitrogen and oxygen atoms in total. The van der Waals surface area contributed by atoms with Crippen LogP contribution in [0.2, 0.25) is 0 Å². The molecule has 1 aromatic heterocycles. The number of nitrogens with zero attached hydrogens (tertiary/aromatic N) is 5. The van der Waals surface area contributed by atoms with Crippen LogP contribution in [0.1, 0.15) is 37.9 Å². The summed E-state index contributed by atoms with van der Waals surface area (Å²) in [5.74, 6) is 1.57. The predicted octanol–water partition coefficient (Wildman–Crippen LogP) is 3.69. The van der Waals surface area contributed by atoms with E-state index in [2.05, 4.69) is 45.2 Å². The molecule has 0 bridgehead atoms. The van der Waals surface area contributed by atoms with E-state index in [-0.39, 0.29) is 11.3 Å². The minimum Gasteiger partial charge on any atom is -0.488 e. The lowest BCUT2D eigenvalue weighted by atomic mass is 10.0. The highest BCUT2D eigenvalue weighted by Gasteiger charge is 2.40. The van der Waals surface area contributed by atoms with Crippen molar-refractivity contribution < 1.29 is 4.74 Å². The molecule has 34 heavy (non-hydrogen) atoms. The maximum Gasteiger partial charge on any atom is 0.132 e. The first kappa shape index (κ1) is 23.6. The molecule has 2 heterocycles. The van der Waals surface area contributed by atoms with Gasteiger partial charge >= 0.3 is 0 Å². The van der Waals surface area contributed by atoms with Crippen molar-refractivity contribution in [1.82, 2.24) is 14.9 Å². The summed E-state index contributed by atoms with van der Waals surface area (Å²) in [6.45, 7) is 12.3. The lowest BCUT2D eigenvalue weighted by Gasteiger charge is -2.35. The molecule has 1 saturated carbocycles. The molecule has 0 radical (unpaired) electrons. The van der Waals surface area contributed by atoms with Gasteiger partial charge in [0, 0.05) is 62.5 Å². The van der Waals surface area contributed by atoms with E-state index in [9.17, 15) is 0 Å². The fraction of sp³-hybridized carbons (Fsp3) is 0.385. The van der Waals surface area contributed by atoms with E-state index < -0.39 is 0 Å². The Balaban J connectivity index is 1.41. The summed E-state index contributed by atoms with van der Waals surface area (Å²) in [6, 6.07) is 7.39. The Labute approximate surface area is 201 Å². The zero-order chi connectivity index (χ0) is 24.1. The van der Waals surface area contributed by atoms with Gasteiger partial charge in [-0.3, -0.25) is 15.3 Å². The zero-order valence-electron chi connectivity index (χ0n) is 20.0. The largest absolute Gasteiger partial charge is 0.488 e. The second-order valence-corrected chi connectivity index (χ2v) is 9.19. The summed E-state index contributed by atoms with van der Waals surface area (Å²) in [5, 5.41) is 8.77. The van der Waals surface area contributed by atoms with Crippen LogP contribution in [0.15, 0.2) is 60.0 Å². The fourth-order valence-corrected chi connectivity index (χ4v) is 3.94. The average Bonchev–Trinajstić information content (AvgIpc) is 3.57. The molecule has 1 aliphatic heterocycles. The van der Waals surface area contributed by atoms with Gasteiger partial charge in [-0.1, -0.05) is 12.2 Å². The standard InChI is InChI=1S/C26H33N7O/c1-4-29-10-7-19(2)17-32-11-13-33(14-12-32)24-16-23(30-18-31-24)25(28)21-15-20(5-6-22(21)27)34-26(3)8-9-26/h4-7,10,15-16,18,28H,1,8-9,11-14,17,27H2,2-3H3/b19-7+,28-25?,29-10?. The number of benzene rings is 1. The number of piperazine rings is 1. The van der Waals surface area contributed by atoms with Gasteiger partial charge in [0.25, 0.3) is 0 Å². The van der Waals surface area contributed by atoms with Crippen molar-refractivity contribution in [1.29, 1.82) is 5.41 Å². The molecule has 0 amide bonds. The van der Waals surface area contributed by atoms with E-state index in [4.69, 9.17) is 15.9 Å². The molecule has 2 aliphatic rings. The summed E-state index contributed by atoms with van der Waals surface area (Å²) in [5.41, 5.74) is 9.36. The van der Waals surface area contributed by atoms with E-state index in [0.717, 1.165) is 57.1 Å². The smallest absolute Gasteiger partial charge is 0.132 e. The third-order valence-electron chi connectivity index (χ3n) is 6.24. The zero-order valence-corrected chi connectivity index (χ0v) is 20.0. The third-order valence-corrected chi connectivity index (χ3v) is 6.24. The average molecular weight is 460 g/mol. The van der Waals surface area contributed by atoms with Gasteiger partial charge in [0.2, 0.25) is 0 Å². The van der Waals surface area contributed by atoms with Crippen LogP contribution in [0.5, 0.6) is 5.75 Å². The van der Waals surface area contributed by atoms with Crippen LogP contribution in [0.4, 0.5) is 11.5 Å². The second-order valence-electron chi connectivity index (χ2n) is 9.19. The van der Waals surface area contributed by atoms with Crippen molar-refractivity contribution in [3.05, 3.63) is 66.3 Å². The maximum atomic E-state index is 8.77. The molecule has 0 atom stereocenters. The molecule has 3 N–H and O–H groups in total. The van der Waals surface area contributed by atoms with Gasteiger partial charge in [0.15, 0.2) is 0 Å². The first-order valence-electron chi connectivity index (χ1n) is 11.6. The number of ether oxygens (including phenoxy) is 1. The Morgan fingerprint density at radius 2 is 2.00 bits per heavy atom. The molecular formula is C26H33N7O. The van der Waals surface area contributed by atoms with Crippen LogP contribution >= 0.6 is 0 Å². The Kier molecular flexibility index (Phi) is 7.07. The number of allylic oxidation sites excluding steroid dienone is 1. The summed E-state index contributed by atoms with van der Waals surface area (Å²) in [4.78, 5) is 17.5. The highest BCUT2D eigenvalue weighted by molar-refractivity contribution is 6.13. The van der Waals surface area contributed by atoms with E-state index in [1.807, 2.05) is 24.3 Å². The number of hydrogen-bond acceptors (Lipinski definition) is 8. The van der Waals surface area contributed by atoms with Crippen LogP contribution in [0.3, 0.4) is 0 Å². The summed E-state index contributed by atoms with van der Waals surface area (Å²) in [6.07, 6.45) is 8.95. The molecule has 8 heteroatoms. The lowest BCUT2D eigenvalue weighted by molar-refractivity contribution is 0.200. The fourth-order valence-electron chi connectivity index (χ4n) is 3.94. The van der Waals surface area contributed by atoms with Crippen molar-refractivity contribution in [2.24, 2.45) is 4.99 Å². The number of nitrogen functional groups attached to an aromatic ring is 1. The first-order chi connectivity index (χ1) is 16.4. The van der Waals surface area contributed by atoms with Crippen molar-refractivity contribution in [3.63, 3.8) is 0 Å². The van der Waals surface area contributed by atoms with Crippen molar-refractivity contribution in [2.75, 3.05) is 43.4 Å². The van der Waals surface area contributed by atoms with Gasteiger partial charge in [-0.25, -0.2) is 9.97 Å². The van der Waals surface area contributed by atoms with Crippen LogP contribution in [-0.4, -0.2) is 65.1 Å². The number of nitrogens with two attached hydrogens (primary N) is 1. The number of anilines is 2. The van der Waals surface area contributed by atoms with Gasteiger partial charge in [0.1, 0.15) is 23.5 Å². The molecule has 178 valence electrons. The molecule has 4 rings (SSSR count). The summed E-state index contributed by atoms with van der Waals surface area (Å²) >= 11 is 0. The molecule has 2 fully saturated rings. The SMILES string of the molecule is C=CN=C/C=C(\C)CN1CCN(c2cc(C(=N)c3cc(OC4(C)CC4)ccc3N)ncn2)CC1. The predicted molar refractivity (Wildman–Crippen MR) is 138 cm³/mol. The number of aromatic nitrogens is 2. The normalized spacial score (nSPS) is 18.2. The van der Waals surface area contributed by atoms with E-state index in [1.54, 1.807) is 12.3 Å². The highest BCUT2D eigenvalue weighted by Crippen LogP contribution is 2.40. The number of rotatable bonds is 9. The Morgan fingerprint density at radius 3 is 2.71 bits per heavy atom. The summed E-state index contributed by atoms with van der Waals surface area (Å²) in [7, 11) is 0. The second kappa shape index (κ2) is 10.2. The highest BCUT2D eigenvalue weighted by atomic mass is 16.5. The Morgan fingerprint density at radius 1 is 1.24 bits per heavy atom. The molecule has 1 aromatic carbocycles. The van der Waals surface area contributed by atoms with Crippen molar-refractivity contribution in [3.8, 4) is 5.75 Å². The topological polar surface area (TPSA) is 104 Å². The quantitative estimate of drug-likeness (QED) is 0.438. The number of hydrogen-bond donors (Lipinski definition) is 2. The van der Waals surface area contributed by atoms with E-state index in [1.165, 1.54) is 18.1 Å². The van der Waals surface area contributed by atoms with Gasteiger partial charge in [0.05, 0.1) is 11.4 Å². The van der Waals surface area contributed by atoms with Crippen molar-refractivity contribution in [2.45, 2.75) is 32.3 Å². The van der Waals surface area contributed by atoms with Gasteiger partial charge in [-0.15, -0.1) is 0 Å². The third kappa shape index (κ3) is 5.88.